The Morgan fingerprint density at radius 3 is 2.50 bits per heavy atom. The number of phenols is 1. The van der Waals surface area contributed by atoms with Gasteiger partial charge in [-0.3, -0.25) is 15.6 Å². The molecule has 0 saturated heterocycles. The van der Waals surface area contributed by atoms with Gasteiger partial charge in [0.05, 0.1) is 5.56 Å². The van der Waals surface area contributed by atoms with Gasteiger partial charge in [0.15, 0.2) is 5.11 Å². The fourth-order valence-electron chi connectivity index (χ4n) is 1.71. The van der Waals surface area contributed by atoms with Crippen LogP contribution in [-0.4, -0.2) is 16.1 Å². The average molecular weight is 336 g/mol. The van der Waals surface area contributed by atoms with E-state index in [4.69, 9.17) is 23.8 Å². The van der Waals surface area contributed by atoms with Crippen LogP contribution in [-0.2, 0) is 0 Å². The number of hydrogen-bond donors (Lipinski definition) is 4. The summed E-state index contributed by atoms with van der Waals surface area (Å²) >= 11 is 10.9. The summed E-state index contributed by atoms with van der Waals surface area (Å²) in [7, 11) is 0. The number of aromatic hydroxyl groups is 1. The zero-order chi connectivity index (χ0) is 16.1. The van der Waals surface area contributed by atoms with Gasteiger partial charge in [-0.2, -0.15) is 0 Å². The quantitative estimate of drug-likeness (QED) is 0.501. The summed E-state index contributed by atoms with van der Waals surface area (Å²) in [6, 6.07) is 11.7. The van der Waals surface area contributed by atoms with E-state index in [0.29, 0.717) is 5.02 Å². The number of anilines is 1. The number of halogens is 1. The number of hydrazine groups is 1. The van der Waals surface area contributed by atoms with Crippen LogP contribution in [0.15, 0.2) is 42.5 Å². The third-order valence-corrected chi connectivity index (χ3v) is 3.24. The number of thiocarbonyl (C=S) groups is 1. The molecule has 0 aromatic heterocycles. The number of phenolic OH excluding ortho intramolecular Hbond substituents is 1. The van der Waals surface area contributed by atoms with Crippen molar-refractivity contribution in [3.63, 3.8) is 0 Å². The lowest BCUT2D eigenvalue weighted by Crippen LogP contribution is -2.43. The minimum atomic E-state index is -0.485. The van der Waals surface area contributed by atoms with Crippen molar-refractivity contribution in [2.75, 3.05) is 5.32 Å². The summed E-state index contributed by atoms with van der Waals surface area (Å²) in [6.45, 7) is 1.83. The Hall–Kier alpha value is -2.31. The first-order chi connectivity index (χ1) is 10.5. The number of nitrogens with one attached hydrogen (secondary N) is 3. The van der Waals surface area contributed by atoms with Crippen molar-refractivity contribution in [1.82, 2.24) is 10.9 Å². The highest BCUT2D eigenvalue weighted by Gasteiger charge is 2.11. The van der Waals surface area contributed by atoms with Gasteiger partial charge in [-0.25, -0.2) is 0 Å². The Morgan fingerprint density at radius 2 is 1.82 bits per heavy atom. The first-order valence-electron chi connectivity index (χ1n) is 6.38. The molecular formula is C15H14ClN3O2S. The molecule has 0 fully saturated rings. The zero-order valence-electron chi connectivity index (χ0n) is 11.7. The molecule has 0 heterocycles. The lowest BCUT2D eigenvalue weighted by Gasteiger charge is -2.12. The fraction of sp³-hybridized carbons (Fsp3) is 0.0667. The monoisotopic (exact) mass is 335 g/mol. The third kappa shape index (κ3) is 4.34. The second kappa shape index (κ2) is 7.11. The van der Waals surface area contributed by atoms with E-state index < -0.39 is 5.91 Å². The molecule has 0 radical (unpaired) electrons. The van der Waals surface area contributed by atoms with Gasteiger partial charge in [0.1, 0.15) is 5.75 Å². The summed E-state index contributed by atoms with van der Waals surface area (Å²) in [5.41, 5.74) is 6.75. The third-order valence-electron chi connectivity index (χ3n) is 2.79. The van der Waals surface area contributed by atoms with Crippen LogP contribution >= 0.6 is 23.8 Å². The highest BCUT2D eigenvalue weighted by Crippen LogP contribution is 2.17. The molecule has 2 rings (SSSR count). The smallest absolute Gasteiger partial charge is 0.273 e. The molecule has 0 bridgehead atoms. The predicted molar refractivity (Wildman–Crippen MR) is 91.1 cm³/mol. The molecule has 114 valence electrons. The SMILES string of the molecule is Cc1ccc(O)c(C(=O)NNC(=S)Nc2ccc(Cl)cc2)c1. The zero-order valence-corrected chi connectivity index (χ0v) is 13.3. The minimum Gasteiger partial charge on any atom is -0.507 e. The Labute approximate surface area is 138 Å². The van der Waals surface area contributed by atoms with E-state index in [1.165, 1.54) is 6.07 Å². The highest BCUT2D eigenvalue weighted by atomic mass is 35.5. The van der Waals surface area contributed by atoms with Crippen LogP contribution in [0.5, 0.6) is 5.75 Å². The van der Waals surface area contributed by atoms with Gasteiger partial charge in [-0.05, 0) is 55.5 Å². The predicted octanol–water partition coefficient (Wildman–Crippen LogP) is 2.99. The lowest BCUT2D eigenvalue weighted by molar-refractivity contribution is 0.0941. The van der Waals surface area contributed by atoms with Gasteiger partial charge >= 0.3 is 0 Å². The van der Waals surface area contributed by atoms with Crippen LogP contribution in [0.2, 0.25) is 5.02 Å². The average Bonchev–Trinajstić information content (AvgIpc) is 2.49. The topological polar surface area (TPSA) is 73.4 Å². The van der Waals surface area contributed by atoms with Crippen molar-refractivity contribution in [3.8, 4) is 5.75 Å². The number of hydrogen-bond acceptors (Lipinski definition) is 3. The molecule has 2 aromatic rings. The van der Waals surface area contributed by atoms with E-state index in [1.807, 2.05) is 6.92 Å². The Morgan fingerprint density at radius 1 is 1.14 bits per heavy atom. The Kier molecular flexibility index (Phi) is 5.19. The van der Waals surface area contributed by atoms with Crippen LogP contribution in [0, 0.1) is 6.92 Å². The number of aryl methyl sites for hydroxylation is 1. The summed E-state index contributed by atoms with van der Waals surface area (Å²) < 4.78 is 0. The van der Waals surface area contributed by atoms with Crippen molar-refractivity contribution >= 4 is 40.5 Å². The van der Waals surface area contributed by atoms with Gasteiger partial charge in [0.2, 0.25) is 0 Å². The summed E-state index contributed by atoms with van der Waals surface area (Å²) in [6.07, 6.45) is 0. The second-order valence-corrected chi connectivity index (χ2v) is 5.41. The van der Waals surface area contributed by atoms with Crippen LogP contribution in [0.4, 0.5) is 5.69 Å². The van der Waals surface area contributed by atoms with E-state index >= 15 is 0 Å². The number of benzene rings is 2. The molecule has 0 atom stereocenters. The maximum atomic E-state index is 12.0. The van der Waals surface area contributed by atoms with Crippen molar-refractivity contribution in [3.05, 3.63) is 58.6 Å². The minimum absolute atomic E-state index is 0.0959. The molecule has 0 aliphatic carbocycles. The van der Waals surface area contributed by atoms with Crippen molar-refractivity contribution in [2.45, 2.75) is 6.92 Å². The van der Waals surface area contributed by atoms with Crippen molar-refractivity contribution < 1.29 is 9.90 Å². The molecule has 2 aromatic carbocycles. The van der Waals surface area contributed by atoms with E-state index in [1.54, 1.807) is 36.4 Å². The van der Waals surface area contributed by atoms with Crippen molar-refractivity contribution in [2.24, 2.45) is 0 Å². The molecular weight excluding hydrogens is 322 g/mol. The van der Waals surface area contributed by atoms with E-state index in [2.05, 4.69) is 16.2 Å². The Bertz CT molecular complexity index is 704. The highest BCUT2D eigenvalue weighted by molar-refractivity contribution is 7.80. The number of carbonyl (C=O) groups excluding carboxylic acids is 1. The van der Waals surface area contributed by atoms with Gasteiger partial charge < -0.3 is 10.4 Å². The second-order valence-electron chi connectivity index (χ2n) is 4.56. The normalized spacial score (nSPS) is 9.91. The van der Waals surface area contributed by atoms with Gasteiger partial charge in [0, 0.05) is 10.7 Å². The molecule has 7 heteroatoms. The fourth-order valence-corrected chi connectivity index (χ4v) is 2.00. The maximum absolute atomic E-state index is 12.0. The molecule has 22 heavy (non-hydrogen) atoms. The number of amides is 1. The van der Waals surface area contributed by atoms with Crippen LogP contribution in [0.25, 0.3) is 0 Å². The van der Waals surface area contributed by atoms with Crippen LogP contribution < -0.4 is 16.2 Å². The van der Waals surface area contributed by atoms with Crippen LogP contribution in [0.1, 0.15) is 15.9 Å². The van der Waals surface area contributed by atoms with E-state index in [0.717, 1.165) is 11.3 Å². The lowest BCUT2D eigenvalue weighted by atomic mass is 10.1. The molecule has 0 saturated carbocycles. The standard InChI is InChI=1S/C15H14ClN3O2S/c1-9-2-7-13(20)12(8-9)14(21)18-19-15(22)17-11-5-3-10(16)4-6-11/h2-8,20H,1H3,(H,18,21)(H2,17,19,22). The first kappa shape index (κ1) is 16.1. The van der Waals surface area contributed by atoms with Gasteiger partial charge in [0.25, 0.3) is 5.91 Å². The molecule has 0 spiro atoms. The molecule has 0 aliphatic rings. The molecule has 4 N–H and O–H groups in total. The number of carbonyl (C=O) groups is 1. The molecule has 1 amide bonds. The van der Waals surface area contributed by atoms with Crippen LogP contribution in [0.3, 0.4) is 0 Å². The van der Waals surface area contributed by atoms with Crippen molar-refractivity contribution in [1.29, 1.82) is 0 Å². The van der Waals surface area contributed by atoms with E-state index in [9.17, 15) is 9.90 Å². The molecule has 0 unspecified atom stereocenters. The molecule has 0 aliphatic heterocycles. The first-order valence-corrected chi connectivity index (χ1v) is 7.17. The summed E-state index contributed by atoms with van der Waals surface area (Å²) in [5.74, 6) is -0.581. The largest absolute Gasteiger partial charge is 0.507 e. The molecule has 5 nitrogen and oxygen atoms in total. The van der Waals surface area contributed by atoms with Gasteiger partial charge in [-0.1, -0.05) is 23.2 Å². The maximum Gasteiger partial charge on any atom is 0.273 e. The van der Waals surface area contributed by atoms with E-state index in [-0.39, 0.29) is 16.4 Å². The van der Waals surface area contributed by atoms with Gasteiger partial charge in [-0.15, -0.1) is 0 Å². The summed E-state index contributed by atoms with van der Waals surface area (Å²) in [4.78, 5) is 12.0. The number of rotatable bonds is 2. The Balaban J connectivity index is 1.91. The summed E-state index contributed by atoms with van der Waals surface area (Å²) in [5, 5.41) is 13.4.